The topological polar surface area (TPSA) is 110 Å². The summed E-state index contributed by atoms with van der Waals surface area (Å²) >= 11 is 4.99. The number of nitrogens with one attached hydrogen (secondary N) is 1. The first-order valence-electron chi connectivity index (χ1n) is 9.30. The van der Waals surface area contributed by atoms with Crippen LogP contribution in [0.3, 0.4) is 0 Å². The molecule has 0 aliphatic carbocycles. The van der Waals surface area contributed by atoms with Crippen molar-refractivity contribution in [1.29, 1.82) is 0 Å². The smallest absolute Gasteiger partial charge is 0.229 e. The van der Waals surface area contributed by atoms with Crippen LogP contribution in [0, 0.1) is 0 Å². The van der Waals surface area contributed by atoms with E-state index >= 15 is 0 Å². The van der Waals surface area contributed by atoms with Crippen LogP contribution in [0.4, 0.5) is 29.0 Å². The normalized spacial score (nSPS) is 14.0. The minimum absolute atomic E-state index is 0.423. The van der Waals surface area contributed by atoms with E-state index in [1.165, 1.54) is 0 Å². The van der Waals surface area contributed by atoms with Crippen molar-refractivity contribution in [2.75, 3.05) is 47.2 Å². The fourth-order valence-electron chi connectivity index (χ4n) is 3.05. The number of hydrogen-bond acceptors (Lipinski definition) is 10. The van der Waals surface area contributed by atoms with Gasteiger partial charge in [0.15, 0.2) is 11.6 Å². The second-order valence-electron chi connectivity index (χ2n) is 6.55. The molecule has 0 aromatic carbocycles. The van der Waals surface area contributed by atoms with Crippen LogP contribution in [0.25, 0.3) is 0 Å². The quantitative estimate of drug-likeness (QED) is 0.515. The van der Waals surface area contributed by atoms with Crippen molar-refractivity contribution in [3.05, 3.63) is 40.2 Å². The van der Waals surface area contributed by atoms with E-state index in [0.717, 1.165) is 14.5 Å². The predicted molar refractivity (Wildman–Crippen MR) is 122 cm³/mol. The van der Waals surface area contributed by atoms with Crippen LogP contribution in [-0.4, -0.2) is 51.0 Å². The fourth-order valence-corrected chi connectivity index (χ4v) is 4.29. The summed E-state index contributed by atoms with van der Waals surface area (Å²) in [7, 11) is 1.85. The zero-order valence-corrected chi connectivity index (χ0v) is 18.9. The van der Waals surface area contributed by atoms with Gasteiger partial charge in [-0.2, -0.15) is 15.1 Å². The molecule has 30 heavy (non-hydrogen) atoms. The molecule has 3 N–H and O–H groups in total. The van der Waals surface area contributed by atoms with Crippen molar-refractivity contribution in [3.63, 3.8) is 0 Å². The summed E-state index contributed by atoms with van der Waals surface area (Å²) in [5.41, 5.74) is 7.73. The number of aryl methyl sites for hydroxylation is 1. The van der Waals surface area contributed by atoms with Crippen LogP contribution in [0.1, 0.15) is 5.01 Å². The summed E-state index contributed by atoms with van der Waals surface area (Å²) < 4.78 is 8.15. The zero-order valence-electron chi connectivity index (χ0n) is 16.5. The average Bonchev–Trinajstić information content (AvgIpc) is 3.37. The van der Waals surface area contributed by atoms with Crippen molar-refractivity contribution >= 4 is 56.2 Å². The molecule has 10 nitrogen and oxygen atoms in total. The van der Waals surface area contributed by atoms with Crippen molar-refractivity contribution in [2.24, 2.45) is 7.05 Å². The number of rotatable bonds is 7. The van der Waals surface area contributed by atoms with Gasteiger partial charge in [0.2, 0.25) is 5.95 Å². The number of aromatic nitrogens is 5. The van der Waals surface area contributed by atoms with Gasteiger partial charge in [-0.15, -0.1) is 11.3 Å². The summed E-state index contributed by atoms with van der Waals surface area (Å²) in [6.07, 6.45) is 7.05. The van der Waals surface area contributed by atoms with Gasteiger partial charge in [-0.25, -0.2) is 4.98 Å². The number of anilines is 5. The third-order valence-electron chi connectivity index (χ3n) is 4.52. The number of nitrogens with two attached hydrogens (primary N) is 1. The van der Waals surface area contributed by atoms with Gasteiger partial charge in [-0.1, -0.05) is 6.58 Å². The summed E-state index contributed by atoms with van der Waals surface area (Å²) in [5, 5.41) is 8.47. The highest BCUT2D eigenvalue weighted by atomic mass is 79.9. The number of hydrogen-bond donors (Lipinski definition) is 2. The van der Waals surface area contributed by atoms with Gasteiger partial charge in [0.1, 0.15) is 10.7 Å². The molecule has 0 amide bonds. The van der Waals surface area contributed by atoms with E-state index < -0.39 is 0 Å². The van der Waals surface area contributed by atoms with Crippen molar-refractivity contribution in [2.45, 2.75) is 6.54 Å². The van der Waals surface area contributed by atoms with Gasteiger partial charge in [0, 0.05) is 32.5 Å². The molecule has 1 saturated heterocycles. The minimum atomic E-state index is 0.423. The summed E-state index contributed by atoms with van der Waals surface area (Å²) in [5.74, 6) is 1.67. The summed E-state index contributed by atoms with van der Waals surface area (Å²) in [6.45, 7) is 7.12. The van der Waals surface area contributed by atoms with E-state index in [1.807, 2.05) is 13.2 Å². The molecule has 0 atom stereocenters. The fraction of sp³-hybridized carbons (Fsp3) is 0.333. The Hall–Kier alpha value is -2.70. The van der Waals surface area contributed by atoms with Crippen LogP contribution in [0.15, 0.2) is 35.2 Å². The van der Waals surface area contributed by atoms with Crippen LogP contribution >= 0.6 is 27.3 Å². The molecule has 1 fully saturated rings. The maximum atomic E-state index is 6.50. The lowest BCUT2D eigenvalue weighted by atomic mass is 10.3. The Balaban J connectivity index is 1.72. The molecule has 3 aromatic heterocycles. The van der Waals surface area contributed by atoms with Crippen LogP contribution in [-0.2, 0) is 18.3 Å². The SMILES string of the molecule is C=CN(c1cnn(C)c1)c1nc(N2CCOCC2)nc(NCc2ncc(Br)s2)c1N. The van der Waals surface area contributed by atoms with E-state index in [0.29, 0.717) is 56.1 Å². The number of ether oxygens (including phenoxy) is 1. The Bertz CT molecular complexity index is 1030. The second-order valence-corrected chi connectivity index (χ2v) is 9.04. The van der Waals surface area contributed by atoms with Crippen LogP contribution < -0.4 is 20.9 Å². The standard InChI is InChI=1S/C18H22BrN9OS/c1-3-28(12-8-23-26(2)11-12)17-15(20)16(22-10-14-21-9-13(19)30-14)24-18(25-17)27-4-6-29-7-5-27/h3,8-9,11H,1,4-7,10,20H2,2H3,(H,22,24,25). The first-order chi connectivity index (χ1) is 14.5. The Morgan fingerprint density at radius 2 is 2.17 bits per heavy atom. The van der Waals surface area contributed by atoms with E-state index in [9.17, 15) is 0 Å². The molecular weight excluding hydrogens is 470 g/mol. The number of thiazole rings is 1. The Morgan fingerprint density at radius 3 is 2.80 bits per heavy atom. The first-order valence-corrected chi connectivity index (χ1v) is 10.9. The van der Waals surface area contributed by atoms with Crippen molar-refractivity contribution < 1.29 is 4.74 Å². The van der Waals surface area contributed by atoms with Crippen LogP contribution in [0.2, 0.25) is 0 Å². The molecule has 1 aliphatic heterocycles. The maximum absolute atomic E-state index is 6.50. The molecule has 0 unspecified atom stereocenters. The molecule has 3 aromatic rings. The highest BCUT2D eigenvalue weighted by Crippen LogP contribution is 2.35. The molecule has 0 radical (unpaired) electrons. The monoisotopic (exact) mass is 491 g/mol. The number of halogens is 1. The molecule has 4 rings (SSSR count). The Kier molecular flexibility index (Phi) is 6.16. The van der Waals surface area contributed by atoms with Gasteiger partial charge in [0.25, 0.3) is 0 Å². The highest BCUT2D eigenvalue weighted by Gasteiger charge is 2.22. The number of nitrogens with zero attached hydrogens (tertiary/aromatic N) is 7. The molecule has 0 saturated carbocycles. The zero-order chi connectivity index (χ0) is 21.1. The second kappa shape index (κ2) is 8.98. The molecule has 12 heteroatoms. The lowest BCUT2D eigenvalue weighted by Crippen LogP contribution is -2.37. The minimum Gasteiger partial charge on any atom is -0.393 e. The van der Waals surface area contributed by atoms with E-state index in [-0.39, 0.29) is 0 Å². The lowest BCUT2D eigenvalue weighted by molar-refractivity contribution is 0.122. The maximum Gasteiger partial charge on any atom is 0.229 e. The third kappa shape index (κ3) is 4.40. The van der Waals surface area contributed by atoms with E-state index in [1.54, 1.807) is 39.5 Å². The highest BCUT2D eigenvalue weighted by molar-refractivity contribution is 9.11. The molecule has 1 aliphatic rings. The average molecular weight is 492 g/mol. The van der Waals surface area contributed by atoms with Gasteiger partial charge in [0.05, 0.1) is 41.6 Å². The summed E-state index contributed by atoms with van der Waals surface area (Å²) in [6, 6.07) is 0. The van der Waals surface area contributed by atoms with Crippen molar-refractivity contribution in [3.8, 4) is 0 Å². The molecular formula is C18H22BrN9OS. The largest absolute Gasteiger partial charge is 0.393 e. The van der Waals surface area contributed by atoms with Gasteiger partial charge in [-0.3, -0.25) is 9.58 Å². The molecule has 158 valence electrons. The predicted octanol–water partition coefficient (Wildman–Crippen LogP) is 2.74. The first kappa shape index (κ1) is 20.6. The lowest BCUT2D eigenvalue weighted by Gasteiger charge is -2.29. The Morgan fingerprint density at radius 1 is 1.37 bits per heavy atom. The Labute approximate surface area is 186 Å². The number of nitrogen functional groups attached to an aromatic ring is 1. The van der Waals surface area contributed by atoms with Gasteiger partial charge < -0.3 is 20.7 Å². The van der Waals surface area contributed by atoms with Crippen molar-refractivity contribution in [1.82, 2.24) is 24.7 Å². The third-order valence-corrected chi connectivity index (χ3v) is 6.00. The van der Waals surface area contributed by atoms with Gasteiger partial charge in [-0.05, 0) is 15.9 Å². The molecule has 4 heterocycles. The van der Waals surface area contributed by atoms with Crippen LogP contribution in [0.5, 0.6) is 0 Å². The van der Waals surface area contributed by atoms with Gasteiger partial charge >= 0.3 is 0 Å². The summed E-state index contributed by atoms with van der Waals surface area (Å²) in [4.78, 5) is 17.7. The van der Waals surface area contributed by atoms with E-state index in [2.05, 4.69) is 42.8 Å². The van der Waals surface area contributed by atoms with E-state index in [4.69, 9.17) is 20.4 Å². The molecule has 0 spiro atoms. The molecule has 0 bridgehead atoms. The number of morpholine rings is 1.